The van der Waals surface area contributed by atoms with Gasteiger partial charge in [0.05, 0.1) is 12.1 Å². The zero-order valence-electron chi connectivity index (χ0n) is 26.2. The Bertz CT molecular complexity index is 1280. The van der Waals surface area contributed by atoms with Gasteiger partial charge in [0.25, 0.3) is 0 Å². The average molecular weight is 726 g/mol. The summed E-state index contributed by atoms with van der Waals surface area (Å²) < 4.78 is 0.894. The van der Waals surface area contributed by atoms with E-state index < -0.39 is 48.3 Å². The second-order valence-electron chi connectivity index (χ2n) is 11.0. The summed E-state index contributed by atoms with van der Waals surface area (Å²) >= 11 is 4.54. The Morgan fingerprint density at radius 2 is 1.52 bits per heavy atom. The topological polar surface area (TPSA) is 248 Å². The number of aromatic nitrogens is 1. The third kappa shape index (κ3) is 13.8. The molecule has 0 aliphatic rings. The van der Waals surface area contributed by atoms with Crippen molar-refractivity contribution in [3.8, 4) is 0 Å². The number of carbonyl (C=O) groups excluding carboxylic acids is 5. The Labute approximate surface area is 281 Å². The van der Waals surface area contributed by atoms with Crippen LogP contribution in [0.2, 0.25) is 0 Å². The molecule has 2 rings (SSSR count). The van der Waals surface area contributed by atoms with E-state index in [0.717, 1.165) is 21.4 Å². The van der Waals surface area contributed by atoms with E-state index in [9.17, 15) is 24.0 Å². The summed E-state index contributed by atoms with van der Waals surface area (Å²) in [6, 6.07) is 2.75. The van der Waals surface area contributed by atoms with Crippen molar-refractivity contribution >= 4 is 56.9 Å². The molecule has 6 amide bonds. The number of nitrogens with one attached hydrogen (secondary N) is 6. The highest BCUT2D eigenvalue weighted by molar-refractivity contribution is 9.10. The number of urea groups is 2. The third-order valence-electron chi connectivity index (χ3n) is 6.88. The smallest absolute Gasteiger partial charge is 0.315 e. The van der Waals surface area contributed by atoms with Gasteiger partial charge in [-0.2, -0.15) is 0 Å². The van der Waals surface area contributed by atoms with Crippen LogP contribution in [0.5, 0.6) is 0 Å². The highest BCUT2D eigenvalue weighted by Gasteiger charge is 2.32. The lowest BCUT2D eigenvalue weighted by molar-refractivity contribution is -0.131. The van der Waals surface area contributed by atoms with E-state index in [4.69, 9.17) is 17.2 Å². The standard InChI is InChI=1S/C29H45BrN10O5S/c1-16(2)22(25(43)38-20(6-4-12-35-27(31)32)23(41)26-34-14-15-46-26)40-24(42)21(7-5-13-36-28(33)44)39-29(45)37-17(3)18-8-10-19(30)11-9-18/h8-11,14-17,20-22,27,35H,4-7,12-13,31-32H2,1-3H3,(H,38,43)(H,40,42)(H3,33,36,44)(H2,37,39,45)/t17-,20+,21+,22+/m1/s1. The number of amides is 6. The lowest BCUT2D eigenvalue weighted by atomic mass is 10.00. The maximum atomic E-state index is 13.5. The van der Waals surface area contributed by atoms with Crippen LogP contribution in [0.15, 0.2) is 40.3 Å². The van der Waals surface area contributed by atoms with Gasteiger partial charge >= 0.3 is 12.1 Å². The first-order valence-electron chi connectivity index (χ1n) is 14.9. The van der Waals surface area contributed by atoms with Gasteiger partial charge in [-0.1, -0.05) is 41.9 Å². The molecule has 254 valence electrons. The van der Waals surface area contributed by atoms with Gasteiger partial charge in [0.1, 0.15) is 18.4 Å². The van der Waals surface area contributed by atoms with Crippen LogP contribution in [0, 0.1) is 5.92 Å². The molecule has 0 unspecified atom stereocenters. The minimum absolute atomic E-state index is 0.139. The molecule has 0 saturated heterocycles. The van der Waals surface area contributed by atoms with Crippen molar-refractivity contribution in [1.29, 1.82) is 0 Å². The molecule has 0 bridgehead atoms. The molecule has 2 aromatic rings. The number of halogens is 1. The number of benzene rings is 1. The van der Waals surface area contributed by atoms with Crippen LogP contribution in [-0.4, -0.2) is 72.1 Å². The summed E-state index contributed by atoms with van der Waals surface area (Å²) in [6.07, 6.45) is 1.99. The van der Waals surface area contributed by atoms with Gasteiger partial charge in [0.15, 0.2) is 5.01 Å². The lowest BCUT2D eigenvalue weighted by Gasteiger charge is -2.27. The number of nitrogens with zero attached hydrogens (tertiary/aromatic N) is 1. The Morgan fingerprint density at radius 3 is 2.11 bits per heavy atom. The summed E-state index contributed by atoms with van der Waals surface area (Å²) in [7, 11) is 0. The summed E-state index contributed by atoms with van der Waals surface area (Å²) in [5, 5.41) is 18.3. The molecular formula is C29H45BrN10O5S. The minimum Gasteiger partial charge on any atom is -0.352 e. The van der Waals surface area contributed by atoms with E-state index in [1.54, 1.807) is 26.2 Å². The lowest BCUT2D eigenvalue weighted by Crippen LogP contribution is -2.58. The highest BCUT2D eigenvalue weighted by atomic mass is 79.9. The van der Waals surface area contributed by atoms with Gasteiger partial charge < -0.3 is 43.8 Å². The quantitative estimate of drug-likeness (QED) is 0.0572. The van der Waals surface area contributed by atoms with Gasteiger partial charge in [0, 0.05) is 22.6 Å². The molecule has 1 aromatic carbocycles. The van der Waals surface area contributed by atoms with Crippen LogP contribution < -0.4 is 49.1 Å². The fourth-order valence-corrected chi connectivity index (χ4v) is 5.30. The number of ketones is 1. The predicted molar refractivity (Wildman–Crippen MR) is 179 cm³/mol. The summed E-state index contributed by atoms with van der Waals surface area (Å²) in [5.41, 5.74) is 17.1. The number of thiazole rings is 1. The van der Waals surface area contributed by atoms with Gasteiger partial charge in [-0.05, 0) is 62.8 Å². The Morgan fingerprint density at radius 1 is 0.870 bits per heavy atom. The summed E-state index contributed by atoms with van der Waals surface area (Å²) in [4.78, 5) is 68.4. The van der Waals surface area contributed by atoms with Crippen molar-refractivity contribution in [2.24, 2.45) is 23.1 Å². The second-order valence-corrected chi connectivity index (χ2v) is 12.8. The van der Waals surface area contributed by atoms with Gasteiger partial charge in [-0.15, -0.1) is 11.3 Å². The Balaban J connectivity index is 2.15. The molecular weight excluding hydrogens is 680 g/mol. The number of Topliss-reactive ketones (excluding diaryl/α,β-unsaturated/α-hetero) is 1. The Hall–Kier alpha value is -3.64. The minimum atomic E-state index is -1.06. The number of nitrogens with two attached hydrogens (primary N) is 3. The molecule has 0 saturated carbocycles. The number of primary amides is 1. The van der Waals surface area contributed by atoms with E-state index in [-0.39, 0.29) is 42.1 Å². The van der Waals surface area contributed by atoms with Crippen LogP contribution in [0.1, 0.15) is 67.9 Å². The number of rotatable bonds is 19. The zero-order chi connectivity index (χ0) is 34.2. The molecule has 0 fully saturated rings. The van der Waals surface area contributed by atoms with Crippen molar-refractivity contribution in [2.75, 3.05) is 13.1 Å². The van der Waals surface area contributed by atoms with Crippen LogP contribution >= 0.6 is 27.3 Å². The van der Waals surface area contributed by atoms with E-state index in [1.165, 1.54) is 6.20 Å². The zero-order valence-corrected chi connectivity index (χ0v) is 28.6. The van der Waals surface area contributed by atoms with Crippen LogP contribution in [0.25, 0.3) is 0 Å². The molecule has 46 heavy (non-hydrogen) atoms. The van der Waals surface area contributed by atoms with Crippen molar-refractivity contribution in [1.82, 2.24) is 36.9 Å². The molecule has 1 aromatic heterocycles. The molecule has 4 atom stereocenters. The van der Waals surface area contributed by atoms with Crippen molar-refractivity contribution in [3.63, 3.8) is 0 Å². The van der Waals surface area contributed by atoms with Crippen LogP contribution in [0.3, 0.4) is 0 Å². The molecule has 0 aliphatic heterocycles. The first-order valence-corrected chi connectivity index (χ1v) is 16.6. The molecule has 0 aliphatic carbocycles. The van der Waals surface area contributed by atoms with Crippen molar-refractivity contribution < 1.29 is 24.0 Å². The largest absolute Gasteiger partial charge is 0.352 e. The SMILES string of the molecule is CC(C)[C@H](NC(=O)[C@H](CCCNC(N)=O)NC(=O)N[C@H](C)c1ccc(Br)cc1)C(=O)N[C@@H](CCCNC(N)N)C(=O)c1nccs1. The second kappa shape index (κ2) is 19.8. The monoisotopic (exact) mass is 724 g/mol. The van der Waals surface area contributed by atoms with Gasteiger partial charge in [-0.3, -0.25) is 19.7 Å². The highest BCUT2D eigenvalue weighted by Crippen LogP contribution is 2.17. The van der Waals surface area contributed by atoms with Gasteiger partial charge in [-0.25, -0.2) is 14.6 Å². The van der Waals surface area contributed by atoms with E-state index >= 15 is 0 Å². The average Bonchev–Trinajstić information content (AvgIpc) is 3.53. The molecule has 1 heterocycles. The van der Waals surface area contributed by atoms with Gasteiger partial charge in [0.2, 0.25) is 17.6 Å². The first-order chi connectivity index (χ1) is 21.8. The molecule has 0 spiro atoms. The predicted octanol–water partition coefficient (Wildman–Crippen LogP) is 1.16. The normalized spacial score (nSPS) is 13.7. The molecule has 17 heteroatoms. The molecule has 15 nitrogen and oxygen atoms in total. The maximum Gasteiger partial charge on any atom is 0.315 e. The van der Waals surface area contributed by atoms with E-state index in [0.29, 0.717) is 19.4 Å². The van der Waals surface area contributed by atoms with E-state index in [1.807, 2.05) is 24.3 Å². The summed E-state index contributed by atoms with van der Waals surface area (Å²) in [6.45, 7) is 5.90. The van der Waals surface area contributed by atoms with Crippen LogP contribution in [0.4, 0.5) is 9.59 Å². The number of hydrogen-bond acceptors (Lipinski definition) is 10. The van der Waals surface area contributed by atoms with Crippen molar-refractivity contribution in [2.45, 2.75) is 76.9 Å². The third-order valence-corrected chi connectivity index (χ3v) is 8.20. The molecule has 12 N–H and O–H groups in total. The molecule has 0 radical (unpaired) electrons. The summed E-state index contributed by atoms with van der Waals surface area (Å²) in [5.74, 6) is -1.90. The first kappa shape index (κ1) is 38.5. The number of carbonyl (C=O) groups is 5. The Kier molecular flexibility index (Phi) is 16.6. The maximum absolute atomic E-state index is 13.5. The fourth-order valence-electron chi connectivity index (χ4n) is 4.41. The van der Waals surface area contributed by atoms with Crippen molar-refractivity contribution in [3.05, 3.63) is 50.9 Å². The number of hydrogen-bond donors (Lipinski definition) is 9. The van der Waals surface area contributed by atoms with Crippen LogP contribution in [-0.2, 0) is 9.59 Å². The fraction of sp³-hybridized carbons (Fsp3) is 0.517. The van der Waals surface area contributed by atoms with E-state index in [2.05, 4.69) is 52.8 Å².